The third kappa shape index (κ3) is 4.70. The maximum Gasteiger partial charge on any atom is 0.321 e. The topological polar surface area (TPSA) is 107 Å². The van der Waals surface area contributed by atoms with Gasteiger partial charge in [-0.3, -0.25) is 4.79 Å². The second kappa shape index (κ2) is 6.89. The summed E-state index contributed by atoms with van der Waals surface area (Å²) >= 11 is 5.74. The number of halogens is 1. The number of hydrogen-bond acceptors (Lipinski definition) is 4. The third-order valence-corrected chi connectivity index (χ3v) is 4.47. The van der Waals surface area contributed by atoms with Crippen LogP contribution in [-0.4, -0.2) is 25.5 Å². The lowest BCUT2D eigenvalue weighted by atomic mass is 10.1. The SMILES string of the molecule is CC(C)C[C@@H](NS(=O)(=O)c1ccc(Cl)c(C#N)c1)C(=O)O. The van der Waals surface area contributed by atoms with Crippen LogP contribution in [0.15, 0.2) is 23.1 Å². The number of sulfonamides is 1. The van der Waals surface area contributed by atoms with E-state index in [1.807, 2.05) is 0 Å². The van der Waals surface area contributed by atoms with Crippen molar-refractivity contribution in [3.05, 3.63) is 28.8 Å². The normalized spacial score (nSPS) is 12.9. The molecule has 0 aliphatic rings. The van der Waals surface area contributed by atoms with Crippen molar-refractivity contribution >= 4 is 27.6 Å². The second-order valence-corrected chi connectivity index (χ2v) is 7.02. The van der Waals surface area contributed by atoms with Crippen LogP contribution in [0.1, 0.15) is 25.8 Å². The summed E-state index contributed by atoms with van der Waals surface area (Å²) in [6.45, 7) is 3.58. The lowest BCUT2D eigenvalue weighted by Gasteiger charge is -2.16. The van der Waals surface area contributed by atoms with Gasteiger partial charge in [-0.25, -0.2) is 8.42 Å². The van der Waals surface area contributed by atoms with Gasteiger partial charge in [-0.05, 0) is 30.5 Å². The Morgan fingerprint density at radius 1 is 1.48 bits per heavy atom. The van der Waals surface area contributed by atoms with Gasteiger partial charge in [0, 0.05) is 0 Å². The molecule has 0 aliphatic carbocycles. The fourth-order valence-corrected chi connectivity index (χ4v) is 3.07. The first kappa shape index (κ1) is 17.4. The Morgan fingerprint density at radius 3 is 2.57 bits per heavy atom. The van der Waals surface area contributed by atoms with E-state index in [-0.39, 0.29) is 27.8 Å². The van der Waals surface area contributed by atoms with Crippen LogP contribution >= 0.6 is 11.6 Å². The van der Waals surface area contributed by atoms with Gasteiger partial charge in [0.1, 0.15) is 12.1 Å². The minimum absolute atomic E-state index is 0.00804. The van der Waals surface area contributed by atoms with Gasteiger partial charge in [0.05, 0.1) is 15.5 Å². The summed E-state index contributed by atoms with van der Waals surface area (Å²) in [4.78, 5) is 10.9. The molecule has 0 bridgehead atoms. The van der Waals surface area contributed by atoms with Crippen molar-refractivity contribution in [2.45, 2.75) is 31.2 Å². The molecule has 1 aromatic carbocycles. The van der Waals surface area contributed by atoms with Gasteiger partial charge in [0.25, 0.3) is 0 Å². The molecule has 114 valence electrons. The molecule has 0 radical (unpaired) electrons. The zero-order valence-corrected chi connectivity index (χ0v) is 13.1. The smallest absolute Gasteiger partial charge is 0.321 e. The van der Waals surface area contributed by atoms with Crippen molar-refractivity contribution < 1.29 is 18.3 Å². The number of rotatable bonds is 6. The molecule has 0 fully saturated rings. The van der Waals surface area contributed by atoms with E-state index in [9.17, 15) is 13.2 Å². The molecule has 6 nitrogen and oxygen atoms in total. The Morgan fingerprint density at radius 2 is 2.10 bits per heavy atom. The fraction of sp³-hybridized carbons (Fsp3) is 0.385. The Hall–Kier alpha value is -1.62. The number of benzene rings is 1. The van der Waals surface area contributed by atoms with Crippen LogP contribution in [0.2, 0.25) is 5.02 Å². The Kier molecular flexibility index (Phi) is 5.72. The van der Waals surface area contributed by atoms with E-state index in [1.165, 1.54) is 12.1 Å². The van der Waals surface area contributed by atoms with E-state index in [0.29, 0.717) is 0 Å². The van der Waals surface area contributed by atoms with E-state index in [4.69, 9.17) is 22.0 Å². The van der Waals surface area contributed by atoms with Crippen LogP contribution in [0.4, 0.5) is 0 Å². The summed E-state index contributed by atoms with van der Waals surface area (Å²) < 4.78 is 26.5. The lowest BCUT2D eigenvalue weighted by Crippen LogP contribution is -2.41. The van der Waals surface area contributed by atoms with Gasteiger partial charge < -0.3 is 5.11 Å². The molecule has 0 unspecified atom stereocenters. The van der Waals surface area contributed by atoms with Gasteiger partial charge in [-0.15, -0.1) is 0 Å². The van der Waals surface area contributed by atoms with E-state index in [1.54, 1.807) is 19.9 Å². The van der Waals surface area contributed by atoms with Crippen LogP contribution in [0.5, 0.6) is 0 Å². The first-order chi connectivity index (χ1) is 9.67. The number of nitriles is 1. The molecule has 0 saturated carbocycles. The van der Waals surface area contributed by atoms with Crippen LogP contribution in [0.25, 0.3) is 0 Å². The van der Waals surface area contributed by atoms with Crippen LogP contribution in [0.3, 0.4) is 0 Å². The van der Waals surface area contributed by atoms with Gasteiger partial charge in [0.15, 0.2) is 0 Å². The van der Waals surface area contributed by atoms with Crippen molar-refractivity contribution in [1.82, 2.24) is 4.72 Å². The quantitative estimate of drug-likeness (QED) is 0.829. The van der Waals surface area contributed by atoms with Gasteiger partial charge >= 0.3 is 5.97 Å². The molecule has 0 heterocycles. The zero-order valence-electron chi connectivity index (χ0n) is 11.5. The van der Waals surface area contributed by atoms with Gasteiger partial charge in [-0.2, -0.15) is 9.98 Å². The minimum atomic E-state index is -4.04. The summed E-state index contributed by atoms with van der Waals surface area (Å²) in [5.74, 6) is -1.24. The molecule has 0 spiro atoms. The van der Waals surface area contributed by atoms with Crippen molar-refractivity contribution in [2.75, 3.05) is 0 Å². The van der Waals surface area contributed by atoms with Crippen molar-refractivity contribution in [3.63, 3.8) is 0 Å². The van der Waals surface area contributed by atoms with Crippen LogP contribution < -0.4 is 4.72 Å². The van der Waals surface area contributed by atoms with Gasteiger partial charge in [-0.1, -0.05) is 25.4 Å². The molecule has 0 aromatic heterocycles. The van der Waals surface area contributed by atoms with E-state index >= 15 is 0 Å². The van der Waals surface area contributed by atoms with E-state index < -0.39 is 22.0 Å². The van der Waals surface area contributed by atoms with Gasteiger partial charge in [0.2, 0.25) is 10.0 Å². The largest absolute Gasteiger partial charge is 0.480 e. The molecule has 1 aromatic rings. The average molecular weight is 331 g/mol. The molecular formula is C13H15ClN2O4S. The first-order valence-corrected chi connectivity index (χ1v) is 7.98. The molecular weight excluding hydrogens is 316 g/mol. The molecule has 0 amide bonds. The number of aliphatic carboxylic acids is 1. The third-order valence-electron chi connectivity index (χ3n) is 2.67. The summed E-state index contributed by atoms with van der Waals surface area (Å²) in [7, 11) is -4.04. The number of nitrogens with one attached hydrogen (secondary N) is 1. The van der Waals surface area contributed by atoms with Crippen molar-refractivity contribution in [1.29, 1.82) is 5.26 Å². The Labute approximate surface area is 128 Å². The highest BCUT2D eigenvalue weighted by molar-refractivity contribution is 7.89. The second-order valence-electron chi connectivity index (χ2n) is 4.90. The van der Waals surface area contributed by atoms with E-state index in [0.717, 1.165) is 6.07 Å². The highest BCUT2D eigenvalue weighted by atomic mass is 35.5. The predicted octanol–water partition coefficient (Wildman–Crippen LogP) is 1.99. The minimum Gasteiger partial charge on any atom is -0.480 e. The predicted molar refractivity (Wildman–Crippen MR) is 77.4 cm³/mol. The average Bonchev–Trinajstić information content (AvgIpc) is 2.37. The molecule has 1 atom stereocenters. The maximum atomic E-state index is 12.2. The number of hydrogen-bond donors (Lipinski definition) is 2. The monoisotopic (exact) mass is 330 g/mol. The standard InChI is InChI=1S/C13H15ClN2O4S/c1-8(2)5-12(13(17)18)16-21(19,20)10-3-4-11(14)9(6-10)7-15/h3-4,6,8,12,16H,5H2,1-2H3,(H,17,18)/t12-/m1/s1. The zero-order chi connectivity index (χ0) is 16.2. The summed E-state index contributed by atoms with van der Waals surface area (Å²) in [5, 5.41) is 18.1. The molecule has 21 heavy (non-hydrogen) atoms. The molecule has 0 saturated heterocycles. The summed E-state index contributed by atoms with van der Waals surface area (Å²) in [6.07, 6.45) is 0.160. The summed E-state index contributed by atoms with van der Waals surface area (Å²) in [6, 6.07) is 4.17. The molecule has 2 N–H and O–H groups in total. The fourth-order valence-electron chi connectivity index (χ4n) is 1.68. The Balaban J connectivity index is 3.11. The molecule has 8 heteroatoms. The molecule has 0 aliphatic heterocycles. The summed E-state index contributed by atoms with van der Waals surface area (Å²) in [5.41, 5.74) is 0.00952. The number of carboxylic acids is 1. The number of carboxylic acid groups (broad SMARTS) is 1. The molecule has 1 rings (SSSR count). The maximum absolute atomic E-state index is 12.2. The lowest BCUT2D eigenvalue weighted by molar-refractivity contribution is -0.139. The van der Waals surface area contributed by atoms with E-state index in [2.05, 4.69) is 4.72 Å². The van der Waals surface area contributed by atoms with Crippen LogP contribution in [-0.2, 0) is 14.8 Å². The van der Waals surface area contributed by atoms with Crippen molar-refractivity contribution in [3.8, 4) is 6.07 Å². The Bertz CT molecular complexity index is 680. The highest BCUT2D eigenvalue weighted by Gasteiger charge is 2.26. The number of nitrogens with zero attached hydrogens (tertiary/aromatic N) is 1. The van der Waals surface area contributed by atoms with Crippen molar-refractivity contribution in [2.24, 2.45) is 5.92 Å². The number of carbonyl (C=O) groups is 1. The van der Waals surface area contributed by atoms with Crippen LogP contribution in [0, 0.1) is 17.2 Å². The highest BCUT2D eigenvalue weighted by Crippen LogP contribution is 2.20. The first-order valence-electron chi connectivity index (χ1n) is 6.12.